The molecule has 2 fully saturated rings. The zero-order valence-electron chi connectivity index (χ0n) is 13.3. The maximum absolute atomic E-state index is 13.1. The van der Waals surface area contributed by atoms with E-state index in [-0.39, 0.29) is 37.9 Å². The Labute approximate surface area is 139 Å². The van der Waals surface area contributed by atoms with E-state index < -0.39 is 16.9 Å². The minimum Gasteiger partial charge on any atom is -0.385 e. The van der Waals surface area contributed by atoms with Crippen molar-refractivity contribution < 1.29 is 23.8 Å². The highest BCUT2D eigenvalue weighted by molar-refractivity contribution is 5.91. The zero-order chi connectivity index (χ0) is 17.4. The minimum atomic E-state index is -1.48. The number of carbonyl (C=O) groups excluding carboxylic acids is 2. The highest BCUT2D eigenvalue weighted by atomic mass is 19.1. The third-order valence-electron chi connectivity index (χ3n) is 4.71. The van der Waals surface area contributed by atoms with Crippen LogP contribution >= 0.6 is 0 Å². The summed E-state index contributed by atoms with van der Waals surface area (Å²) in [5, 5.41) is 10.6. The van der Waals surface area contributed by atoms with Crippen molar-refractivity contribution in [3.8, 4) is 0 Å². The van der Waals surface area contributed by atoms with Crippen LogP contribution in [0.3, 0.4) is 0 Å². The lowest BCUT2D eigenvalue weighted by Crippen LogP contribution is -2.50. The summed E-state index contributed by atoms with van der Waals surface area (Å²) >= 11 is 0. The maximum Gasteiger partial charge on any atom is 0.233 e. The quantitative estimate of drug-likeness (QED) is 0.828. The van der Waals surface area contributed by atoms with Crippen LogP contribution in [-0.4, -0.2) is 53.7 Å². The van der Waals surface area contributed by atoms with Crippen LogP contribution in [0.25, 0.3) is 0 Å². The van der Waals surface area contributed by atoms with Crippen LogP contribution < -0.4 is 5.73 Å². The van der Waals surface area contributed by atoms with Crippen LogP contribution in [0.2, 0.25) is 0 Å². The Hall–Kier alpha value is -1.99. The number of hydrogen-bond acceptors (Lipinski definition) is 4. The van der Waals surface area contributed by atoms with Crippen molar-refractivity contribution >= 4 is 11.8 Å². The molecule has 1 heterocycles. The van der Waals surface area contributed by atoms with E-state index in [0.29, 0.717) is 19.4 Å². The fourth-order valence-electron chi connectivity index (χ4n) is 3.34. The van der Waals surface area contributed by atoms with Gasteiger partial charge < -0.3 is 20.5 Å². The second-order valence-corrected chi connectivity index (χ2v) is 6.74. The average Bonchev–Trinajstić information content (AvgIpc) is 3.32. The van der Waals surface area contributed by atoms with Gasteiger partial charge in [0, 0.05) is 6.54 Å². The molecule has 2 amide bonds. The van der Waals surface area contributed by atoms with Gasteiger partial charge in [-0.15, -0.1) is 0 Å². The molecule has 1 atom stereocenters. The van der Waals surface area contributed by atoms with E-state index in [1.807, 2.05) is 0 Å². The molecule has 2 aliphatic rings. The molecule has 0 spiro atoms. The van der Waals surface area contributed by atoms with E-state index in [1.54, 1.807) is 12.1 Å². The van der Waals surface area contributed by atoms with Crippen molar-refractivity contribution in [1.29, 1.82) is 0 Å². The van der Waals surface area contributed by atoms with E-state index in [9.17, 15) is 19.1 Å². The topological polar surface area (TPSA) is 92.9 Å². The molecule has 1 saturated carbocycles. The lowest BCUT2D eigenvalue weighted by Gasteiger charge is -2.32. The number of rotatable bonds is 4. The molecule has 6 nitrogen and oxygen atoms in total. The average molecular weight is 336 g/mol. The van der Waals surface area contributed by atoms with Crippen molar-refractivity contribution in [2.45, 2.75) is 30.3 Å². The van der Waals surface area contributed by atoms with Gasteiger partial charge in [0.05, 0.1) is 31.6 Å². The Kier molecular flexibility index (Phi) is 4.31. The Morgan fingerprint density at radius 2 is 1.96 bits per heavy atom. The van der Waals surface area contributed by atoms with E-state index in [4.69, 9.17) is 10.5 Å². The van der Waals surface area contributed by atoms with Crippen molar-refractivity contribution in [1.82, 2.24) is 4.90 Å². The first-order chi connectivity index (χ1) is 11.3. The molecule has 1 aliphatic heterocycles. The molecular weight excluding hydrogens is 315 g/mol. The molecule has 1 aromatic carbocycles. The standard InChI is InChI=1S/C17H21FN2O4/c18-13-3-1-12(2-4-13)17(5-6-17)15(22)20-7-8-24-11-16(23,10-20)9-14(19)21/h1-4,23H,5-11H2,(H2,19,21)/t16-/m0/s1. The first-order valence-electron chi connectivity index (χ1n) is 7.99. The molecule has 1 aliphatic carbocycles. The molecular formula is C17H21FN2O4. The fourth-order valence-corrected chi connectivity index (χ4v) is 3.34. The molecule has 1 aromatic rings. The van der Waals surface area contributed by atoms with E-state index in [1.165, 1.54) is 17.0 Å². The molecule has 24 heavy (non-hydrogen) atoms. The Morgan fingerprint density at radius 3 is 2.54 bits per heavy atom. The molecule has 0 aromatic heterocycles. The molecule has 3 rings (SSSR count). The van der Waals surface area contributed by atoms with Gasteiger partial charge in [-0.25, -0.2) is 4.39 Å². The number of ether oxygens (including phenoxy) is 1. The smallest absolute Gasteiger partial charge is 0.233 e. The minimum absolute atomic E-state index is 0.00226. The predicted octanol–water partition coefficient (Wildman–Crippen LogP) is 0.323. The van der Waals surface area contributed by atoms with Gasteiger partial charge >= 0.3 is 0 Å². The second-order valence-electron chi connectivity index (χ2n) is 6.74. The van der Waals surface area contributed by atoms with Crippen molar-refractivity contribution in [2.24, 2.45) is 5.73 Å². The number of amides is 2. The van der Waals surface area contributed by atoms with Crippen LogP contribution in [0, 0.1) is 5.82 Å². The Bertz CT molecular complexity index is 644. The number of primary amides is 1. The summed E-state index contributed by atoms with van der Waals surface area (Å²) in [7, 11) is 0. The summed E-state index contributed by atoms with van der Waals surface area (Å²) in [5.74, 6) is -1.11. The summed E-state index contributed by atoms with van der Waals surface area (Å²) in [6.07, 6.45) is 1.10. The number of benzene rings is 1. The molecule has 3 N–H and O–H groups in total. The summed E-state index contributed by atoms with van der Waals surface area (Å²) in [6, 6.07) is 5.95. The largest absolute Gasteiger partial charge is 0.385 e. The van der Waals surface area contributed by atoms with Crippen LogP contribution in [-0.2, 0) is 19.7 Å². The summed E-state index contributed by atoms with van der Waals surface area (Å²) < 4.78 is 18.5. The Morgan fingerprint density at radius 1 is 1.29 bits per heavy atom. The van der Waals surface area contributed by atoms with Crippen LogP contribution in [0.15, 0.2) is 24.3 Å². The van der Waals surface area contributed by atoms with E-state index >= 15 is 0 Å². The highest BCUT2D eigenvalue weighted by Gasteiger charge is 2.54. The lowest BCUT2D eigenvalue weighted by molar-refractivity contribution is -0.139. The van der Waals surface area contributed by atoms with Gasteiger partial charge in [-0.1, -0.05) is 12.1 Å². The van der Waals surface area contributed by atoms with Crippen LogP contribution in [0.1, 0.15) is 24.8 Å². The van der Waals surface area contributed by atoms with Crippen molar-refractivity contribution in [2.75, 3.05) is 26.3 Å². The van der Waals surface area contributed by atoms with Crippen LogP contribution in [0.4, 0.5) is 4.39 Å². The van der Waals surface area contributed by atoms with Crippen LogP contribution in [0.5, 0.6) is 0 Å². The van der Waals surface area contributed by atoms with Crippen molar-refractivity contribution in [3.63, 3.8) is 0 Å². The van der Waals surface area contributed by atoms with Gasteiger partial charge in [-0.05, 0) is 30.5 Å². The third kappa shape index (κ3) is 3.27. The zero-order valence-corrected chi connectivity index (χ0v) is 13.3. The van der Waals surface area contributed by atoms with Gasteiger partial charge in [0.25, 0.3) is 0 Å². The molecule has 1 saturated heterocycles. The normalized spacial score (nSPS) is 25.8. The summed E-state index contributed by atoms with van der Waals surface area (Å²) in [5.41, 5.74) is 3.83. The molecule has 0 unspecified atom stereocenters. The first-order valence-corrected chi connectivity index (χ1v) is 7.99. The van der Waals surface area contributed by atoms with Gasteiger partial charge in [0.15, 0.2) is 0 Å². The monoisotopic (exact) mass is 336 g/mol. The van der Waals surface area contributed by atoms with Gasteiger partial charge in [0.2, 0.25) is 11.8 Å². The lowest BCUT2D eigenvalue weighted by atomic mass is 9.93. The maximum atomic E-state index is 13.1. The van der Waals surface area contributed by atoms with E-state index in [2.05, 4.69) is 0 Å². The summed E-state index contributed by atoms with van der Waals surface area (Å²) in [6.45, 7) is 0.580. The SMILES string of the molecule is NC(=O)C[C@@]1(O)COCCN(C(=O)C2(c3ccc(F)cc3)CC2)C1. The summed E-state index contributed by atoms with van der Waals surface area (Å²) in [4.78, 5) is 25.8. The third-order valence-corrected chi connectivity index (χ3v) is 4.71. The number of hydrogen-bond donors (Lipinski definition) is 2. The number of halogens is 1. The first kappa shape index (κ1) is 16.9. The number of nitrogens with two attached hydrogens (primary N) is 1. The van der Waals surface area contributed by atoms with Gasteiger partial charge in [0.1, 0.15) is 11.4 Å². The Balaban J connectivity index is 1.80. The number of nitrogens with zero attached hydrogens (tertiary/aromatic N) is 1. The fraction of sp³-hybridized carbons (Fsp3) is 0.529. The molecule has 0 radical (unpaired) electrons. The van der Waals surface area contributed by atoms with E-state index in [0.717, 1.165) is 5.56 Å². The number of aliphatic hydroxyl groups is 1. The highest BCUT2D eigenvalue weighted by Crippen LogP contribution is 2.49. The molecule has 0 bridgehead atoms. The molecule has 7 heteroatoms. The van der Waals surface area contributed by atoms with Gasteiger partial charge in [-0.3, -0.25) is 9.59 Å². The molecule has 130 valence electrons. The van der Waals surface area contributed by atoms with Gasteiger partial charge in [-0.2, -0.15) is 0 Å². The van der Waals surface area contributed by atoms with Crippen molar-refractivity contribution in [3.05, 3.63) is 35.6 Å². The number of β-amino-alcohol motifs (C(OH)–C–C–N with tert-alkyl or cyclic N) is 1. The number of carbonyl (C=O) groups is 2. The predicted molar refractivity (Wildman–Crippen MR) is 83.5 cm³/mol. The second kappa shape index (κ2) is 6.14.